The van der Waals surface area contributed by atoms with Crippen LogP contribution in [0.5, 0.6) is 0 Å². The molecule has 0 spiro atoms. The van der Waals surface area contributed by atoms with Gasteiger partial charge in [0.25, 0.3) is 0 Å². The molecule has 0 fully saturated rings. The predicted molar refractivity (Wildman–Crippen MR) is 47.3 cm³/mol. The van der Waals surface area contributed by atoms with Gasteiger partial charge in [-0.25, -0.2) is 0 Å². The van der Waals surface area contributed by atoms with Crippen molar-refractivity contribution in [1.29, 1.82) is 0 Å². The molecular formula is C8H9BrO. The van der Waals surface area contributed by atoms with Gasteiger partial charge in [0.05, 0.1) is 5.33 Å². The van der Waals surface area contributed by atoms with Crippen molar-refractivity contribution in [3.8, 4) is 0 Å². The summed E-state index contributed by atoms with van der Waals surface area (Å²) in [5.74, 6) is 0.0231. The number of ketones is 1. The van der Waals surface area contributed by atoms with Gasteiger partial charge in [-0.1, -0.05) is 47.3 Å². The van der Waals surface area contributed by atoms with E-state index in [1.54, 1.807) is 12.2 Å². The number of allylic oxidation sites excluding steroid dienone is 4. The molecule has 0 bridgehead atoms. The zero-order chi connectivity index (χ0) is 7.98. The topological polar surface area (TPSA) is 17.1 Å². The van der Waals surface area contributed by atoms with Crippen LogP contribution in [0.3, 0.4) is 0 Å². The fourth-order valence-corrected chi connectivity index (χ4v) is 0.803. The van der Waals surface area contributed by atoms with E-state index in [0.29, 0.717) is 10.9 Å². The Hall–Kier alpha value is -0.630. The van der Waals surface area contributed by atoms with Gasteiger partial charge in [0.1, 0.15) is 0 Å². The van der Waals surface area contributed by atoms with E-state index in [1.807, 2.05) is 0 Å². The number of alkyl halides is 1. The Bertz CT molecular complexity index is 180. The number of rotatable bonds is 4. The molecule has 0 heterocycles. The van der Waals surface area contributed by atoms with E-state index in [9.17, 15) is 4.79 Å². The summed E-state index contributed by atoms with van der Waals surface area (Å²) in [5.41, 5.74) is 0.590. The van der Waals surface area contributed by atoms with Crippen molar-refractivity contribution in [3.05, 3.63) is 37.0 Å². The molecule has 0 aromatic carbocycles. The Morgan fingerprint density at radius 2 is 2.10 bits per heavy atom. The van der Waals surface area contributed by atoms with Gasteiger partial charge >= 0.3 is 0 Å². The Kier molecular flexibility index (Phi) is 4.85. The molecule has 0 rings (SSSR count). The molecule has 0 saturated heterocycles. The summed E-state index contributed by atoms with van der Waals surface area (Å²) >= 11 is 3.05. The molecule has 0 aliphatic heterocycles. The second kappa shape index (κ2) is 5.18. The van der Waals surface area contributed by atoms with Gasteiger partial charge < -0.3 is 0 Å². The van der Waals surface area contributed by atoms with Crippen LogP contribution >= 0.6 is 15.9 Å². The van der Waals surface area contributed by atoms with Crippen LogP contribution in [0.2, 0.25) is 0 Å². The minimum atomic E-state index is 0.0231. The molecule has 10 heavy (non-hydrogen) atoms. The maximum atomic E-state index is 10.9. The standard InChI is InChI=1S/C8H9BrO/c1-3-5-7(4-2)8(10)6-9/h3-5H,1-2,6H2/b7-5+. The van der Waals surface area contributed by atoms with E-state index in [2.05, 4.69) is 29.1 Å². The number of carbonyl (C=O) groups is 1. The summed E-state index contributed by atoms with van der Waals surface area (Å²) in [6.45, 7) is 6.96. The van der Waals surface area contributed by atoms with Crippen molar-refractivity contribution in [1.82, 2.24) is 0 Å². The van der Waals surface area contributed by atoms with Crippen LogP contribution in [0.25, 0.3) is 0 Å². The molecule has 54 valence electrons. The van der Waals surface area contributed by atoms with Crippen LogP contribution in [-0.2, 0) is 4.79 Å². The highest BCUT2D eigenvalue weighted by atomic mass is 79.9. The van der Waals surface area contributed by atoms with Crippen LogP contribution in [0.4, 0.5) is 0 Å². The highest BCUT2D eigenvalue weighted by molar-refractivity contribution is 9.09. The lowest BCUT2D eigenvalue weighted by Gasteiger charge is -1.92. The van der Waals surface area contributed by atoms with E-state index >= 15 is 0 Å². The Morgan fingerprint density at radius 1 is 1.50 bits per heavy atom. The molecule has 0 atom stereocenters. The summed E-state index contributed by atoms with van der Waals surface area (Å²) in [4.78, 5) is 10.9. The maximum absolute atomic E-state index is 10.9. The van der Waals surface area contributed by atoms with E-state index < -0.39 is 0 Å². The monoisotopic (exact) mass is 200 g/mol. The molecule has 0 aromatic heterocycles. The van der Waals surface area contributed by atoms with Crippen molar-refractivity contribution in [2.24, 2.45) is 0 Å². The summed E-state index contributed by atoms with van der Waals surface area (Å²) in [5, 5.41) is 0.332. The van der Waals surface area contributed by atoms with Gasteiger partial charge in [-0.15, -0.1) is 0 Å². The minimum absolute atomic E-state index is 0.0231. The molecular weight excluding hydrogens is 192 g/mol. The summed E-state index contributed by atoms with van der Waals surface area (Å²) in [6.07, 6.45) is 4.72. The molecule has 0 aliphatic carbocycles. The molecule has 0 unspecified atom stereocenters. The predicted octanol–water partition coefficient (Wildman–Crippen LogP) is 2.25. The van der Waals surface area contributed by atoms with Crippen LogP contribution in [0.15, 0.2) is 37.0 Å². The van der Waals surface area contributed by atoms with Crippen LogP contribution in [-0.4, -0.2) is 11.1 Å². The third-order valence-corrected chi connectivity index (χ3v) is 1.47. The third kappa shape index (κ3) is 2.78. The Morgan fingerprint density at radius 3 is 2.40 bits per heavy atom. The van der Waals surface area contributed by atoms with Gasteiger partial charge in [-0.3, -0.25) is 4.79 Å². The van der Waals surface area contributed by atoms with Gasteiger partial charge in [0.2, 0.25) is 0 Å². The second-order valence-corrected chi connectivity index (χ2v) is 2.18. The third-order valence-electron chi connectivity index (χ3n) is 0.961. The second-order valence-electron chi connectivity index (χ2n) is 1.62. The fraction of sp³-hybridized carbons (Fsp3) is 0.125. The molecule has 0 saturated carbocycles. The van der Waals surface area contributed by atoms with E-state index in [4.69, 9.17) is 0 Å². The first-order chi connectivity index (χ1) is 4.76. The molecule has 0 aliphatic rings. The van der Waals surface area contributed by atoms with Crippen molar-refractivity contribution in [3.63, 3.8) is 0 Å². The van der Waals surface area contributed by atoms with Crippen molar-refractivity contribution in [2.75, 3.05) is 5.33 Å². The summed E-state index contributed by atoms with van der Waals surface area (Å²) in [7, 11) is 0. The zero-order valence-electron chi connectivity index (χ0n) is 5.64. The lowest BCUT2D eigenvalue weighted by atomic mass is 10.2. The van der Waals surface area contributed by atoms with Crippen molar-refractivity contribution < 1.29 is 4.79 Å². The van der Waals surface area contributed by atoms with E-state index in [0.717, 1.165) is 0 Å². The summed E-state index contributed by atoms with van der Waals surface area (Å²) < 4.78 is 0. The van der Waals surface area contributed by atoms with Crippen LogP contribution in [0.1, 0.15) is 0 Å². The van der Waals surface area contributed by atoms with Gasteiger partial charge in [-0.2, -0.15) is 0 Å². The van der Waals surface area contributed by atoms with Gasteiger partial charge in [0.15, 0.2) is 5.78 Å². The Balaban J connectivity index is 4.34. The normalized spacial score (nSPS) is 10.7. The quantitative estimate of drug-likeness (QED) is 0.387. The first-order valence-corrected chi connectivity index (χ1v) is 3.92. The molecule has 0 aromatic rings. The summed E-state index contributed by atoms with van der Waals surface area (Å²) in [6, 6.07) is 0. The van der Waals surface area contributed by atoms with Crippen LogP contribution < -0.4 is 0 Å². The highest BCUT2D eigenvalue weighted by Crippen LogP contribution is 2.00. The number of Topliss-reactive ketones (excluding diaryl/α,β-unsaturated/α-hetero) is 1. The molecule has 2 heteroatoms. The van der Waals surface area contributed by atoms with Crippen molar-refractivity contribution in [2.45, 2.75) is 0 Å². The van der Waals surface area contributed by atoms with Gasteiger partial charge in [0, 0.05) is 5.57 Å². The van der Waals surface area contributed by atoms with Crippen LogP contribution in [0, 0.1) is 0 Å². The zero-order valence-corrected chi connectivity index (χ0v) is 7.23. The molecule has 1 nitrogen and oxygen atoms in total. The van der Waals surface area contributed by atoms with Crippen molar-refractivity contribution >= 4 is 21.7 Å². The molecule has 0 amide bonds. The van der Waals surface area contributed by atoms with Gasteiger partial charge in [-0.05, 0) is 0 Å². The average Bonchev–Trinajstić information content (AvgIpc) is 1.99. The smallest absolute Gasteiger partial charge is 0.173 e. The fourth-order valence-electron chi connectivity index (χ4n) is 0.479. The number of hydrogen-bond acceptors (Lipinski definition) is 1. The SMILES string of the molecule is C=C/C=C(\C=C)C(=O)CBr. The Labute approximate surface area is 69.3 Å². The largest absolute Gasteiger partial charge is 0.293 e. The average molecular weight is 201 g/mol. The lowest BCUT2D eigenvalue weighted by molar-refractivity contribution is -0.112. The van der Waals surface area contributed by atoms with E-state index in [1.165, 1.54) is 6.08 Å². The molecule has 0 radical (unpaired) electrons. The maximum Gasteiger partial charge on any atom is 0.173 e. The van der Waals surface area contributed by atoms with E-state index in [-0.39, 0.29) is 5.78 Å². The first kappa shape index (κ1) is 9.37. The lowest BCUT2D eigenvalue weighted by Crippen LogP contribution is -2.00. The number of hydrogen-bond donors (Lipinski definition) is 0. The number of carbonyl (C=O) groups excluding carboxylic acids is 1. The highest BCUT2D eigenvalue weighted by Gasteiger charge is 2.00. The number of halogens is 1. The first-order valence-electron chi connectivity index (χ1n) is 2.80. The minimum Gasteiger partial charge on any atom is -0.293 e. The molecule has 0 N–H and O–H groups in total.